The number of para-hydroxylation sites is 2. The quantitative estimate of drug-likeness (QED) is 0.291. The summed E-state index contributed by atoms with van der Waals surface area (Å²) < 4.78 is 2.51. The number of fused-ring (bicyclic) bond motifs is 3. The molecule has 1 saturated carbocycles. The van der Waals surface area contributed by atoms with Crippen molar-refractivity contribution >= 4 is 37.7 Å². The van der Waals surface area contributed by atoms with Gasteiger partial charge in [-0.1, -0.05) is 79.2 Å². The van der Waals surface area contributed by atoms with Gasteiger partial charge in [0.1, 0.15) is 0 Å². The summed E-state index contributed by atoms with van der Waals surface area (Å²) in [6.45, 7) is 6.94. The van der Waals surface area contributed by atoms with Gasteiger partial charge in [0.05, 0.1) is 16.7 Å². The van der Waals surface area contributed by atoms with E-state index in [1.165, 1.54) is 57.0 Å². The maximum Gasteiger partial charge on any atom is 0.0541 e. The van der Waals surface area contributed by atoms with E-state index in [4.69, 9.17) is 0 Å². The van der Waals surface area contributed by atoms with E-state index in [0.29, 0.717) is 5.92 Å². The van der Waals surface area contributed by atoms with E-state index in [-0.39, 0.29) is 5.41 Å². The third-order valence-electron chi connectivity index (χ3n) is 6.06. The maximum absolute atomic E-state index is 3.79. The highest BCUT2D eigenvalue weighted by atomic mass is 79.9. The minimum absolute atomic E-state index is 0.118. The first-order valence-electron chi connectivity index (χ1n) is 10.2. The largest absolute Gasteiger partial charge is 0.309 e. The molecule has 0 N–H and O–H groups in total. The first-order chi connectivity index (χ1) is 13.5. The smallest absolute Gasteiger partial charge is 0.0541 e. The fourth-order valence-corrected chi connectivity index (χ4v) is 4.91. The number of hydrogen-bond acceptors (Lipinski definition) is 0. The Morgan fingerprint density at radius 1 is 0.893 bits per heavy atom. The zero-order chi connectivity index (χ0) is 19.5. The summed E-state index contributed by atoms with van der Waals surface area (Å²) >= 11 is 3.79. The van der Waals surface area contributed by atoms with Crippen molar-refractivity contribution in [2.24, 2.45) is 0 Å². The molecule has 1 aliphatic rings. The summed E-state index contributed by atoms with van der Waals surface area (Å²) in [5.74, 6) is 0.691. The lowest BCUT2D eigenvalue weighted by molar-refractivity contribution is 0.589. The van der Waals surface area contributed by atoms with Crippen LogP contribution in [0, 0.1) is 0 Å². The lowest BCUT2D eigenvalue weighted by Gasteiger charge is -2.25. The molecule has 142 valence electrons. The monoisotopic (exact) mass is 431 g/mol. The van der Waals surface area contributed by atoms with Crippen LogP contribution in [0.2, 0.25) is 0 Å². The van der Waals surface area contributed by atoms with Crippen LogP contribution < -0.4 is 0 Å². The predicted molar refractivity (Wildman–Crippen MR) is 124 cm³/mol. The second-order valence-corrected chi connectivity index (χ2v) is 9.66. The van der Waals surface area contributed by atoms with Crippen LogP contribution in [0.3, 0.4) is 0 Å². The Balaban J connectivity index is 1.94. The Labute approximate surface area is 175 Å². The number of nitrogens with zero attached hydrogens (tertiary/aromatic N) is 1. The average Bonchev–Trinajstić information content (AvgIpc) is 3.47. The van der Waals surface area contributed by atoms with Crippen LogP contribution in [-0.2, 0) is 10.7 Å². The van der Waals surface area contributed by atoms with E-state index in [0.717, 1.165) is 5.33 Å². The van der Waals surface area contributed by atoms with Gasteiger partial charge in [-0.3, -0.25) is 0 Å². The fourth-order valence-electron chi connectivity index (χ4n) is 4.45. The van der Waals surface area contributed by atoms with Crippen LogP contribution in [0.5, 0.6) is 0 Å². The summed E-state index contributed by atoms with van der Waals surface area (Å²) in [6.07, 6.45) is 2.61. The second-order valence-electron chi connectivity index (χ2n) is 9.10. The first kappa shape index (κ1) is 18.0. The van der Waals surface area contributed by atoms with Crippen LogP contribution in [-0.4, -0.2) is 4.57 Å². The fraction of sp³-hybridized carbons (Fsp3) is 0.308. The Bertz CT molecular complexity index is 1140. The summed E-state index contributed by atoms with van der Waals surface area (Å²) in [6, 6.07) is 22.5. The molecule has 5 rings (SSSR count). The Morgan fingerprint density at radius 3 is 1.96 bits per heavy atom. The molecule has 1 fully saturated rings. The zero-order valence-corrected chi connectivity index (χ0v) is 18.4. The van der Waals surface area contributed by atoms with Crippen LogP contribution in [0.4, 0.5) is 0 Å². The lowest BCUT2D eigenvalue weighted by Crippen LogP contribution is -2.14. The molecule has 3 aromatic carbocycles. The number of halogens is 1. The highest BCUT2D eigenvalue weighted by Gasteiger charge is 2.31. The van der Waals surface area contributed by atoms with Crippen LogP contribution >= 0.6 is 15.9 Å². The van der Waals surface area contributed by atoms with Gasteiger partial charge < -0.3 is 4.57 Å². The number of hydrogen-bond donors (Lipinski definition) is 0. The van der Waals surface area contributed by atoms with Crippen molar-refractivity contribution in [2.45, 2.75) is 50.3 Å². The highest BCUT2D eigenvalue weighted by Crippen LogP contribution is 2.47. The van der Waals surface area contributed by atoms with Crippen molar-refractivity contribution in [1.29, 1.82) is 0 Å². The maximum atomic E-state index is 3.79. The number of benzene rings is 3. The van der Waals surface area contributed by atoms with Gasteiger partial charge in [0.25, 0.3) is 0 Å². The first-order valence-corrected chi connectivity index (χ1v) is 11.3. The van der Waals surface area contributed by atoms with Crippen LogP contribution in [0.25, 0.3) is 27.5 Å². The molecular formula is C26H26BrN. The van der Waals surface area contributed by atoms with Crippen molar-refractivity contribution < 1.29 is 0 Å². The molecule has 0 radical (unpaired) electrons. The van der Waals surface area contributed by atoms with E-state index < -0.39 is 0 Å². The van der Waals surface area contributed by atoms with Crippen molar-refractivity contribution in [3.8, 4) is 5.69 Å². The second kappa shape index (κ2) is 6.49. The minimum Gasteiger partial charge on any atom is -0.309 e. The molecule has 0 atom stereocenters. The summed E-state index contributed by atoms with van der Waals surface area (Å²) in [5.41, 5.74) is 8.49. The molecule has 1 heterocycles. The van der Waals surface area contributed by atoms with Crippen molar-refractivity contribution in [3.05, 3.63) is 77.4 Å². The molecule has 0 aliphatic heterocycles. The molecule has 0 saturated heterocycles. The highest BCUT2D eigenvalue weighted by molar-refractivity contribution is 9.08. The van der Waals surface area contributed by atoms with Crippen molar-refractivity contribution in [1.82, 2.24) is 4.57 Å². The number of aromatic nitrogens is 1. The van der Waals surface area contributed by atoms with Crippen molar-refractivity contribution in [2.75, 3.05) is 0 Å². The molecule has 0 unspecified atom stereocenters. The molecule has 0 bridgehead atoms. The summed E-state index contributed by atoms with van der Waals surface area (Å²) in [4.78, 5) is 0. The summed E-state index contributed by atoms with van der Waals surface area (Å²) in [5, 5.41) is 3.58. The standard InChI is InChI=1S/C26H26BrN/c1-26(2,3)19-14-18(16-27)25(17-12-13-17)24(15-19)28-22-10-6-4-8-20(22)21-9-5-7-11-23(21)28/h4-11,14-15,17H,12-13,16H2,1-3H3. The Morgan fingerprint density at radius 2 is 1.46 bits per heavy atom. The summed E-state index contributed by atoms with van der Waals surface area (Å²) in [7, 11) is 0. The Hall–Kier alpha value is -2.06. The molecule has 2 heteroatoms. The molecule has 0 amide bonds. The molecule has 1 aliphatic carbocycles. The molecule has 1 aromatic heterocycles. The van der Waals surface area contributed by atoms with Crippen LogP contribution in [0.1, 0.15) is 56.2 Å². The normalized spacial score (nSPS) is 14.9. The molecule has 1 nitrogen and oxygen atoms in total. The van der Waals surface area contributed by atoms with Crippen molar-refractivity contribution in [3.63, 3.8) is 0 Å². The number of rotatable bonds is 3. The van der Waals surface area contributed by atoms with Crippen LogP contribution in [0.15, 0.2) is 60.7 Å². The number of alkyl halides is 1. The van der Waals surface area contributed by atoms with E-state index >= 15 is 0 Å². The lowest BCUT2D eigenvalue weighted by atomic mass is 9.84. The van der Waals surface area contributed by atoms with Gasteiger partial charge in [0.2, 0.25) is 0 Å². The van der Waals surface area contributed by atoms with Gasteiger partial charge in [-0.25, -0.2) is 0 Å². The van der Waals surface area contributed by atoms with Gasteiger partial charge >= 0.3 is 0 Å². The third kappa shape index (κ3) is 2.81. The SMILES string of the molecule is CC(C)(C)c1cc(CBr)c(C2CC2)c(-n2c3ccccc3c3ccccc32)c1. The van der Waals surface area contributed by atoms with E-state index in [9.17, 15) is 0 Å². The predicted octanol–water partition coefficient (Wildman–Crippen LogP) is 7.85. The minimum atomic E-state index is 0.118. The Kier molecular flexibility index (Phi) is 4.17. The topological polar surface area (TPSA) is 4.93 Å². The zero-order valence-electron chi connectivity index (χ0n) is 16.8. The molecule has 0 spiro atoms. The molecule has 4 aromatic rings. The molecular weight excluding hydrogens is 406 g/mol. The van der Waals surface area contributed by atoms with Gasteiger partial charge in [0, 0.05) is 16.1 Å². The van der Waals surface area contributed by atoms with E-state index in [2.05, 4.69) is 102 Å². The van der Waals surface area contributed by atoms with Gasteiger partial charge in [-0.15, -0.1) is 0 Å². The molecule has 28 heavy (non-hydrogen) atoms. The third-order valence-corrected chi connectivity index (χ3v) is 6.66. The average molecular weight is 432 g/mol. The van der Waals surface area contributed by atoms with Gasteiger partial charge in [-0.05, 0) is 59.1 Å². The van der Waals surface area contributed by atoms with E-state index in [1.807, 2.05) is 0 Å². The van der Waals surface area contributed by atoms with Gasteiger partial charge in [0.15, 0.2) is 0 Å². The van der Waals surface area contributed by atoms with E-state index in [1.54, 1.807) is 0 Å². The van der Waals surface area contributed by atoms with Gasteiger partial charge in [-0.2, -0.15) is 0 Å².